The highest BCUT2D eigenvalue weighted by molar-refractivity contribution is 7.91. The smallest absolute Gasteiger partial charge is 0.338 e. The normalized spacial score (nSPS) is 23.5. The van der Waals surface area contributed by atoms with Crippen LogP contribution in [0.1, 0.15) is 67.3 Å². The largest absolute Gasteiger partial charge is 0.449 e. The molecule has 1 aliphatic carbocycles. The molecule has 7 heteroatoms. The van der Waals surface area contributed by atoms with E-state index in [0.29, 0.717) is 17.9 Å². The van der Waals surface area contributed by atoms with E-state index < -0.39 is 33.9 Å². The average Bonchev–Trinajstić information content (AvgIpc) is 3.00. The molecule has 1 aliphatic heterocycles. The van der Waals surface area contributed by atoms with Crippen molar-refractivity contribution >= 4 is 21.7 Å². The third-order valence-electron chi connectivity index (χ3n) is 5.45. The van der Waals surface area contributed by atoms with Crippen LogP contribution in [0.2, 0.25) is 0 Å². The minimum atomic E-state index is -3.07. The van der Waals surface area contributed by atoms with E-state index in [4.69, 9.17) is 4.74 Å². The van der Waals surface area contributed by atoms with Crippen LogP contribution in [0.4, 0.5) is 0 Å². The van der Waals surface area contributed by atoms with Crippen molar-refractivity contribution in [3.05, 3.63) is 35.4 Å². The number of hydrogen-bond donors (Lipinski definition) is 1. The Morgan fingerprint density at radius 1 is 1.07 bits per heavy atom. The number of amides is 1. The maximum atomic E-state index is 12.3. The number of carbonyl (C=O) groups is 2. The highest BCUT2D eigenvalue weighted by atomic mass is 32.2. The zero-order chi connectivity index (χ0) is 19.4. The summed E-state index contributed by atoms with van der Waals surface area (Å²) in [5, 5.41) is 2.65. The van der Waals surface area contributed by atoms with E-state index in [2.05, 4.69) is 5.32 Å². The third kappa shape index (κ3) is 5.31. The second kappa shape index (κ2) is 8.42. The van der Waals surface area contributed by atoms with Gasteiger partial charge in [0, 0.05) is 6.04 Å². The first kappa shape index (κ1) is 19.9. The monoisotopic (exact) mass is 393 g/mol. The molecule has 0 radical (unpaired) electrons. The van der Waals surface area contributed by atoms with Crippen LogP contribution in [-0.2, 0) is 19.4 Å². The molecule has 0 bridgehead atoms. The number of carbonyl (C=O) groups excluding carboxylic acids is 2. The molecule has 0 unspecified atom stereocenters. The number of esters is 1. The Morgan fingerprint density at radius 2 is 1.74 bits per heavy atom. The summed E-state index contributed by atoms with van der Waals surface area (Å²) in [6, 6.07) is 7.04. The van der Waals surface area contributed by atoms with Crippen molar-refractivity contribution in [1.82, 2.24) is 5.32 Å². The summed E-state index contributed by atoms with van der Waals surface area (Å²) in [6.07, 6.45) is 5.62. The van der Waals surface area contributed by atoms with Crippen LogP contribution < -0.4 is 5.32 Å². The van der Waals surface area contributed by atoms with Gasteiger partial charge in [0.2, 0.25) is 0 Å². The van der Waals surface area contributed by atoms with Gasteiger partial charge in [-0.05, 0) is 49.8 Å². The zero-order valence-electron chi connectivity index (χ0n) is 15.6. The van der Waals surface area contributed by atoms with Crippen molar-refractivity contribution in [3.8, 4) is 0 Å². The molecule has 1 heterocycles. The van der Waals surface area contributed by atoms with Gasteiger partial charge in [0.1, 0.15) is 0 Å². The minimum absolute atomic E-state index is 0.0535. The Morgan fingerprint density at radius 3 is 2.33 bits per heavy atom. The van der Waals surface area contributed by atoms with Gasteiger partial charge in [0.05, 0.1) is 17.1 Å². The van der Waals surface area contributed by atoms with E-state index in [1.807, 2.05) is 12.1 Å². The first-order valence-corrected chi connectivity index (χ1v) is 11.5. The highest BCUT2D eigenvalue weighted by Crippen LogP contribution is 2.32. The van der Waals surface area contributed by atoms with Gasteiger partial charge in [-0.2, -0.15) is 0 Å². The number of sulfone groups is 1. The van der Waals surface area contributed by atoms with Gasteiger partial charge in [-0.1, -0.05) is 31.4 Å². The summed E-state index contributed by atoms with van der Waals surface area (Å²) in [5.41, 5.74) is 1.66. The lowest BCUT2D eigenvalue weighted by Crippen LogP contribution is -2.42. The molecule has 6 nitrogen and oxygen atoms in total. The molecule has 0 aromatic heterocycles. The predicted molar refractivity (Wildman–Crippen MR) is 102 cm³/mol. The standard InChI is InChI=1S/C20H27NO5S/c1-14(19(22)21-18-11-12-27(24,25)13-18)26-20(23)17-9-7-16(8-10-17)15-5-3-2-4-6-15/h7-10,14-15,18H,2-6,11-13H2,1H3,(H,21,22)/t14-,18-/m1/s1. The molecule has 1 N–H and O–H groups in total. The molecular weight excluding hydrogens is 366 g/mol. The Hall–Kier alpha value is -1.89. The van der Waals surface area contributed by atoms with Crippen molar-refractivity contribution in [2.45, 2.75) is 63.5 Å². The van der Waals surface area contributed by atoms with Crippen molar-refractivity contribution < 1.29 is 22.7 Å². The van der Waals surface area contributed by atoms with Crippen LogP contribution >= 0.6 is 0 Å². The molecule has 1 aromatic carbocycles. The van der Waals surface area contributed by atoms with Crippen LogP contribution in [-0.4, -0.2) is 43.9 Å². The number of nitrogens with one attached hydrogen (secondary N) is 1. The quantitative estimate of drug-likeness (QED) is 0.777. The maximum Gasteiger partial charge on any atom is 0.338 e. The number of rotatable bonds is 5. The second-order valence-electron chi connectivity index (χ2n) is 7.61. The van der Waals surface area contributed by atoms with E-state index in [0.717, 1.165) is 0 Å². The summed E-state index contributed by atoms with van der Waals surface area (Å²) in [7, 11) is -3.07. The van der Waals surface area contributed by atoms with Crippen LogP contribution in [0.25, 0.3) is 0 Å². The first-order chi connectivity index (χ1) is 12.8. The summed E-state index contributed by atoms with van der Waals surface area (Å²) < 4.78 is 28.2. The Kier molecular flexibility index (Phi) is 6.19. The van der Waals surface area contributed by atoms with Crippen molar-refractivity contribution in [3.63, 3.8) is 0 Å². The second-order valence-corrected chi connectivity index (χ2v) is 9.84. The van der Waals surface area contributed by atoms with E-state index >= 15 is 0 Å². The van der Waals surface area contributed by atoms with E-state index in [9.17, 15) is 18.0 Å². The molecule has 2 atom stereocenters. The fraction of sp³-hybridized carbons (Fsp3) is 0.600. The van der Waals surface area contributed by atoms with Gasteiger partial charge >= 0.3 is 5.97 Å². The molecule has 2 aliphatic rings. The lowest BCUT2D eigenvalue weighted by molar-refractivity contribution is -0.129. The van der Waals surface area contributed by atoms with Gasteiger partial charge in [0.15, 0.2) is 15.9 Å². The van der Waals surface area contributed by atoms with E-state index in [-0.39, 0.29) is 11.5 Å². The molecule has 148 valence electrons. The van der Waals surface area contributed by atoms with Crippen molar-refractivity contribution in [2.24, 2.45) is 0 Å². The van der Waals surface area contributed by atoms with Crippen LogP contribution in [0, 0.1) is 0 Å². The Balaban J connectivity index is 1.52. The maximum absolute atomic E-state index is 12.3. The number of ether oxygens (including phenoxy) is 1. The lowest BCUT2D eigenvalue weighted by atomic mass is 9.84. The summed E-state index contributed by atoms with van der Waals surface area (Å²) in [4.78, 5) is 24.4. The summed E-state index contributed by atoms with van der Waals surface area (Å²) in [6.45, 7) is 1.49. The molecule has 1 saturated heterocycles. The molecule has 1 amide bonds. The van der Waals surface area contributed by atoms with Crippen molar-refractivity contribution in [2.75, 3.05) is 11.5 Å². The van der Waals surface area contributed by atoms with E-state index in [1.165, 1.54) is 44.6 Å². The molecular formula is C20H27NO5S. The molecule has 1 saturated carbocycles. The summed E-state index contributed by atoms with van der Waals surface area (Å²) >= 11 is 0. The Labute approximate surface area is 160 Å². The molecule has 2 fully saturated rings. The summed E-state index contributed by atoms with van der Waals surface area (Å²) in [5.74, 6) is -0.422. The van der Waals surface area contributed by atoms with Crippen LogP contribution in [0.15, 0.2) is 24.3 Å². The van der Waals surface area contributed by atoms with E-state index in [1.54, 1.807) is 12.1 Å². The van der Waals surface area contributed by atoms with Crippen LogP contribution in [0.5, 0.6) is 0 Å². The Bertz CT molecular complexity index is 781. The van der Waals surface area contributed by atoms with Gasteiger partial charge in [-0.25, -0.2) is 13.2 Å². The topological polar surface area (TPSA) is 89.5 Å². The highest BCUT2D eigenvalue weighted by Gasteiger charge is 2.30. The van der Waals surface area contributed by atoms with Crippen LogP contribution in [0.3, 0.4) is 0 Å². The van der Waals surface area contributed by atoms with Gasteiger partial charge in [-0.3, -0.25) is 4.79 Å². The van der Waals surface area contributed by atoms with Crippen molar-refractivity contribution in [1.29, 1.82) is 0 Å². The first-order valence-electron chi connectivity index (χ1n) is 9.66. The number of benzene rings is 1. The third-order valence-corrected chi connectivity index (χ3v) is 7.22. The molecule has 27 heavy (non-hydrogen) atoms. The SMILES string of the molecule is C[C@@H](OC(=O)c1ccc(C2CCCCC2)cc1)C(=O)N[C@@H]1CCS(=O)(=O)C1. The predicted octanol–water partition coefficient (Wildman–Crippen LogP) is 2.58. The van der Waals surface area contributed by atoms with Gasteiger partial charge in [-0.15, -0.1) is 0 Å². The minimum Gasteiger partial charge on any atom is -0.449 e. The molecule has 1 aromatic rings. The fourth-order valence-corrected chi connectivity index (χ4v) is 5.51. The lowest BCUT2D eigenvalue weighted by Gasteiger charge is -2.22. The van der Waals surface area contributed by atoms with Gasteiger partial charge in [0.25, 0.3) is 5.91 Å². The average molecular weight is 394 g/mol. The fourth-order valence-electron chi connectivity index (χ4n) is 3.84. The zero-order valence-corrected chi connectivity index (χ0v) is 16.5. The molecule has 0 spiro atoms. The number of hydrogen-bond acceptors (Lipinski definition) is 5. The molecule has 3 rings (SSSR count). The van der Waals surface area contributed by atoms with Gasteiger partial charge < -0.3 is 10.1 Å².